The Labute approximate surface area is 190 Å². The number of amides is 1. The van der Waals surface area contributed by atoms with Crippen LogP contribution >= 0.6 is 34.5 Å². The van der Waals surface area contributed by atoms with Crippen LogP contribution in [0.3, 0.4) is 0 Å². The molecule has 1 aliphatic carbocycles. The summed E-state index contributed by atoms with van der Waals surface area (Å²) >= 11 is 13.5. The van der Waals surface area contributed by atoms with Crippen LogP contribution in [-0.2, 0) is 22.4 Å². The number of benzene rings is 1. The predicted molar refractivity (Wildman–Crippen MR) is 121 cm³/mol. The first-order valence-corrected chi connectivity index (χ1v) is 11.6. The minimum absolute atomic E-state index is 0.281. The van der Waals surface area contributed by atoms with Gasteiger partial charge in [-0.2, -0.15) is 0 Å². The van der Waals surface area contributed by atoms with Crippen molar-refractivity contribution < 1.29 is 19.1 Å². The number of rotatable bonds is 7. The maximum atomic E-state index is 12.8. The predicted octanol–water partition coefficient (Wildman–Crippen LogP) is 6.15. The number of hydrogen-bond acceptors (Lipinski definition) is 5. The monoisotopic (exact) mass is 469 g/mol. The summed E-state index contributed by atoms with van der Waals surface area (Å²) in [6.45, 7) is 5.86. The summed E-state index contributed by atoms with van der Waals surface area (Å²) in [6.07, 6.45) is 3.06. The van der Waals surface area contributed by atoms with E-state index in [1.807, 2.05) is 0 Å². The molecule has 30 heavy (non-hydrogen) atoms. The number of thiophene rings is 1. The molecule has 8 heteroatoms. The van der Waals surface area contributed by atoms with Gasteiger partial charge in [0.05, 0.1) is 17.2 Å². The van der Waals surface area contributed by atoms with Gasteiger partial charge in [-0.25, -0.2) is 4.79 Å². The minimum atomic E-state index is -0.818. The summed E-state index contributed by atoms with van der Waals surface area (Å²) < 4.78 is 11.0. The average molecular weight is 470 g/mol. The quantitative estimate of drug-likeness (QED) is 0.493. The van der Waals surface area contributed by atoms with Crippen molar-refractivity contribution in [1.82, 2.24) is 0 Å². The Hall–Kier alpha value is -1.76. The summed E-state index contributed by atoms with van der Waals surface area (Å²) in [4.78, 5) is 26.6. The van der Waals surface area contributed by atoms with Gasteiger partial charge in [-0.1, -0.05) is 36.5 Å². The molecule has 0 aliphatic heterocycles. The molecule has 0 radical (unpaired) electrons. The van der Waals surface area contributed by atoms with Crippen molar-refractivity contribution >= 4 is 51.4 Å². The van der Waals surface area contributed by atoms with E-state index >= 15 is 0 Å². The number of esters is 1. The van der Waals surface area contributed by atoms with Crippen molar-refractivity contribution in [2.24, 2.45) is 5.92 Å². The molecule has 0 fully saturated rings. The molecule has 0 spiro atoms. The summed E-state index contributed by atoms with van der Waals surface area (Å²) in [6, 6.07) is 4.82. The first kappa shape index (κ1) is 22.9. The first-order valence-electron chi connectivity index (χ1n) is 10.1. The highest BCUT2D eigenvalue weighted by atomic mass is 35.5. The van der Waals surface area contributed by atoms with E-state index in [4.69, 9.17) is 32.7 Å². The largest absolute Gasteiger partial charge is 0.479 e. The van der Waals surface area contributed by atoms with Crippen LogP contribution < -0.4 is 10.1 Å². The lowest BCUT2D eigenvalue weighted by Crippen LogP contribution is -2.30. The first-order chi connectivity index (χ1) is 14.3. The van der Waals surface area contributed by atoms with Crippen LogP contribution in [0.1, 0.15) is 54.4 Å². The standard InChI is InChI=1S/C22H25Cl2NO4S/c1-4-13-6-8-15-18(10-13)30-21(19(15)22(27)28-5-2)25-20(26)12(3)29-17-9-7-14(23)11-16(17)24/h7,9,11-13H,4-6,8,10H2,1-3H3,(H,25,26)/t12-,13+/m0/s1. The van der Waals surface area contributed by atoms with E-state index in [0.29, 0.717) is 32.3 Å². The number of fused-ring (bicyclic) bond motifs is 1. The van der Waals surface area contributed by atoms with Gasteiger partial charge in [0, 0.05) is 9.90 Å². The van der Waals surface area contributed by atoms with Crippen LogP contribution in [0.4, 0.5) is 5.00 Å². The highest BCUT2D eigenvalue weighted by Gasteiger charge is 2.30. The van der Waals surface area contributed by atoms with Gasteiger partial charge in [0.2, 0.25) is 0 Å². The van der Waals surface area contributed by atoms with E-state index < -0.39 is 12.1 Å². The van der Waals surface area contributed by atoms with Gasteiger partial charge >= 0.3 is 5.97 Å². The van der Waals surface area contributed by atoms with E-state index in [1.54, 1.807) is 32.0 Å². The Balaban J connectivity index is 1.81. The Bertz CT molecular complexity index is 943. The molecule has 1 heterocycles. The normalized spacial score (nSPS) is 16.5. The van der Waals surface area contributed by atoms with Crippen molar-refractivity contribution in [3.8, 4) is 5.75 Å². The van der Waals surface area contributed by atoms with E-state index in [0.717, 1.165) is 36.1 Å². The fourth-order valence-corrected chi connectivity index (χ4v) is 5.34. The van der Waals surface area contributed by atoms with Crippen LogP contribution in [0.5, 0.6) is 5.75 Å². The molecule has 1 aromatic heterocycles. The molecule has 3 rings (SSSR count). The Morgan fingerprint density at radius 2 is 2.07 bits per heavy atom. The molecule has 1 aliphatic rings. The van der Waals surface area contributed by atoms with E-state index in [-0.39, 0.29) is 12.5 Å². The zero-order valence-electron chi connectivity index (χ0n) is 17.2. The van der Waals surface area contributed by atoms with Crippen LogP contribution in [0.2, 0.25) is 10.0 Å². The SMILES string of the molecule is CCOC(=O)c1c(NC(=O)[C@H](C)Oc2ccc(Cl)cc2Cl)sc2c1CC[C@@H](CC)C2. The lowest BCUT2D eigenvalue weighted by atomic mass is 9.85. The second-order valence-corrected chi connectivity index (χ2v) is 9.22. The molecular formula is C22H25Cl2NO4S. The molecule has 2 aromatic rings. The minimum Gasteiger partial charge on any atom is -0.479 e. The summed E-state index contributed by atoms with van der Waals surface area (Å²) in [5.74, 6) is 0.210. The number of carbonyl (C=O) groups excluding carboxylic acids is 2. The number of nitrogens with one attached hydrogen (secondary N) is 1. The lowest BCUT2D eigenvalue weighted by molar-refractivity contribution is -0.122. The number of carbonyl (C=O) groups is 2. The third-order valence-corrected chi connectivity index (χ3v) is 6.93. The fraction of sp³-hybridized carbons (Fsp3) is 0.455. The summed E-state index contributed by atoms with van der Waals surface area (Å²) in [5.41, 5.74) is 1.49. The molecule has 162 valence electrons. The summed E-state index contributed by atoms with van der Waals surface area (Å²) in [5, 5.41) is 4.21. The smallest absolute Gasteiger partial charge is 0.341 e. The molecular weight excluding hydrogens is 445 g/mol. The fourth-order valence-electron chi connectivity index (χ4n) is 3.54. The highest BCUT2D eigenvalue weighted by molar-refractivity contribution is 7.17. The third kappa shape index (κ3) is 5.10. The highest BCUT2D eigenvalue weighted by Crippen LogP contribution is 2.41. The van der Waals surface area contributed by atoms with Gasteiger partial charge in [0.1, 0.15) is 10.8 Å². The van der Waals surface area contributed by atoms with Crippen molar-refractivity contribution in [1.29, 1.82) is 0 Å². The second-order valence-electron chi connectivity index (χ2n) is 7.27. The molecule has 0 unspecified atom stereocenters. The third-order valence-electron chi connectivity index (χ3n) is 5.23. The molecule has 0 bridgehead atoms. The van der Waals surface area contributed by atoms with Gasteiger partial charge in [0.15, 0.2) is 6.10 Å². The molecule has 1 aromatic carbocycles. The Kier molecular flexibility index (Phi) is 7.66. The average Bonchev–Trinajstić information content (AvgIpc) is 3.06. The van der Waals surface area contributed by atoms with Gasteiger partial charge in [-0.15, -0.1) is 11.3 Å². The zero-order valence-corrected chi connectivity index (χ0v) is 19.5. The van der Waals surface area contributed by atoms with Gasteiger partial charge in [-0.05, 0) is 62.8 Å². The van der Waals surface area contributed by atoms with Crippen LogP contribution in [0, 0.1) is 5.92 Å². The van der Waals surface area contributed by atoms with Gasteiger partial charge in [0.25, 0.3) is 5.91 Å². The summed E-state index contributed by atoms with van der Waals surface area (Å²) in [7, 11) is 0. The number of halogens is 2. The topological polar surface area (TPSA) is 64.6 Å². The molecule has 2 atom stereocenters. The van der Waals surface area contributed by atoms with Crippen molar-refractivity contribution in [2.45, 2.75) is 52.6 Å². The Morgan fingerprint density at radius 3 is 2.73 bits per heavy atom. The molecule has 5 nitrogen and oxygen atoms in total. The van der Waals surface area contributed by atoms with Crippen molar-refractivity contribution in [3.63, 3.8) is 0 Å². The second kappa shape index (κ2) is 10.0. The molecule has 0 saturated heterocycles. The molecule has 0 saturated carbocycles. The maximum absolute atomic E-state index is 12.8. The van der Waals surface area contributed by atoms with E-state index in [2.05, 4.69) is 12.2 Å². The van der Waals surface area contributed by atoms with Crippen LogP contribution in [-0.4, -0.2) is 24.6 Å². The van der Waals surface area contributed by atoms with Gasteiger partial charge < -0.3 is 14.8 Å². The van der Waals surface area contributed by atoms with Crippen LogP contribution in [0.25, 0.3) is 0 Å². The molecule has 1 amide bonds. The number of ether oxygens (including phenoxy) is 2. The number of hydrogen-bond donors (Lipinski definition) is 1. The molecule has 1 N–H and O–H groups in total. The van der Waals surface area contributed by atoms with Gasteiger partial charge in [-0.3, -0.25) is 4.79 Å². The number of anilines is 1. The zero-order chi connectivity index (χ0) is 21.8. The van der Waals surface area contributed by atoms with Crippen LogP contribution in [0.15, 0.2) is 18.2 Å². The maximum Gasteiger partial charge on any atom is 0.341 e. The van der Waals surface area contributed by atoms with E-state index in [1.165, 1.54) is 11.3 Å². The lowest BCUT2D eigenvalue weighted by Gasteiger charge is -2.21. The Morgan fingerprint density at radius 1 is 1.30 bits per heavy atom. The van der Waals surface area contributed by atoms with Crippen molar-refractivity contribution in [3.05, 3.63) is 44.2 Å². The van der Waals surface area contributed by atoms with Crippen molar-refractivity contribution in [2.75, 3.05) is 11.9 Å². The van der Waals surface area contributed by atoms with E-state index in [9.17, 15) is 9.59 Å².